The second-order valence-electron chi connectivity index (χ2n) is 8.00. The molecule has 0 radical (unpaired) electrons. The average Bonchev–Trinajstić information content (AvgIpc) is 3.49. The van der Waals surface area contributed by atoms with E-state index in [9.17, 15) is 4.79 Å². The number of aromatic amines is 1. The van der Waals surface area contributed by atoms with Crippen LogP contribution in [0.5, 0.6) is 11.5 Å². The first-order chi connectivity index (χ1) is 16.0. The van der Waals surface area contributed by atoms with E-state index in [1.165, 1.54) is 0 Å². The number of nitrogens with zero attached hydrogens (tertiary/aromatic N) is 1. The third-order valence-corrected chi connectivity index (χ3v) is 5.93. The van der Waals surface area contributed by atoms with Gasteiger partial charge in [0.25, 0.3) is 5.56 Å². The number of furan rings is 1. The second-order valence-corrected chi connectivity index (χ2v) is 8.38. The molecule has 3 heterocycles. The molecule has 0 spiro atoms. The van der Waals surface area contributed by atoms with Crippen LogP contribution in [-0.2, 0) is 19.6 Å². The first-order valence-electron chi connectivity index (χ1n) is 10.6. The minimum atomic E-state index is -0.127. The van der Waals surface area contributed by atoms with Crippen molar-refractivity contribution in [2.75, 3.05) is 6.79 Å². The molecule has 2 aromatic heterocycles. The van der Waals surface area contributed by atoms with E-state index in [0.717, 1.165) is 33.5 Å². The summed E-state index contributed by atoms with van der Waals surface area (Å²) in [5, 5.41) is 4.74. The summed E-state index contributed by atoms with van der Waals surface area (Å²) in [5.74, 6) is 2.21. The highest BCUT2D eigenvalue weighted by Crippen LogP contribution is 2.33. The van der Waals surface area contributed by atoms with Gasteiger partial charge in [-0.15, -0.1) is 0 Å². The van der Waals surface area contributed by atoms with Gasteiger partial charge in [-0.25, -0.2) is 0 Å². The minimum Gasteiger partial charge on any atom is -0.467 e. The van der Waals surface area contributed by atoms with E-state index in [4.69, 9.17) is 26.1 Å². The molecule has 0 amide bonds. The summed E-state index contributed by atoms with van der Waals surface area (Å²) < 4.78 is 16.3. The zero-order valence-corrected chi connectivity index (χ0v) is 18.9. The first-order valence-corrected chi connectivity index (χ1v) is 11.0. The van der Waals surface area contributed by atoms with E-state index in [-0.39, 0.29) is 12.4 Å². The Morgan fingerprint density at radius 2 is 1.97 bits per heavy atom. The Hall–Kier alpha value is -3.78. The maximum absolute atomic E-state index is 12.9. The Kier molecular flexibility index (Phi) is 5.75. The molecule has 2 aromatic carbocycles. The van der Waals surface area contributed by atoms with Crippen LogP contribution in [0.1, 0.15) is 22.5 Å². The van der Waals surface area contributed by atoms with Crippen LogP contribution in [0.4, 0.5) is 0 Å². The molecule has 0 unspecified atom stereocenters. The molecule has 0 fully saturated rings. The van der Waals surface area contributed by atoms with E-state index in [1.54, 1.807) is 6.26 Å². The van der Waals surface area contributed by atoms with Gasteiger partial charge in [0.15, 0.2) is 16.6 Å². The summed E-state index contributed by atoms with van der Waals surface area (Å²) in [4.78, 5) is 17.8. The summed E-state index contributed by atoms with van der Waals surface area (Å²) >= 11 is 5.71. The molecule has 0 saturated heterocycles. The van der Waals surface area contributed by atoms with Gasteiger partial charge in [-0.2, -0.15) is 0 Å². The molecule has 168 valence electrons. The van der Waals surface area contributed by atoms with Gasteiger partial charge >= 0.3 is 0 Å². The molecule has 8 heteroatoms. The summed E-state index contributed by atoms with van der Waals surface area (Å²) in [7, 11) is 0. The Morgan fingerprint density at radius 1 is 1.09 bits per heavy atom. The Labute approximate surface area is 195 Å². The van der Waals surface area contributed by atoms with Gasteiger partial charge in [-0.1, -0.05) is 18.2 Å². The number of pyridine rings is 1. The van der Waals surface area contributed by atoms with Gasteiger partial charge in [0.2, 0.25) is 6.79 Å². The van der Waals surface area contributed by atoms with Gasteiger partial charge in [0.1, 0.15) is 5.76 Å². The number of nitrogens with one attached hydrogen (secondary N) is 2. The Balaban J connectivity index is 1.42. The Morgan fingerprint density at radius 3 is 2.82 bits per heavy atom. The number of benzene rings is 2. The number of hydrogen-bond donors (Lipinski definition) is 2. The molecule has 1 aliphatic heterocycles. The normalized spacial score (nSPS) is 12.2. The zero-order chi connectivity index (χ0) is 22.8. The highest BCUT2D eigenvalue weighted by atomic mass is 32.1. The topological polar surface area (TPSA) is 79.7 Å². The van der Waals surface area contributed by atoms with E-state index in [1.807, 2.05) is 66.4 Å². The number of thiocarbonyl (C=S) groups is 1. The van der Waals surface area contributed by atoms with E-state index in [0.29, 0.717) is 36.1 Å². The molecule has 1 aliphatic rings. The molecular formula is C25H23N3O4S. The van der Waals surface area contributed by atoms with E-state index < -0.39 is 0 Å². The number of fused-ring (bicyclic) bond motifs is 2. The molecule has 0 atom stereocenters. The fourth-order valence-electron chi connectivity index (χ4n) is 3.83. The van der Waals surface area contributed by atoms with Crippen LogP contribution < -0.4 is 20.3 Å². The third-order valence-electron chi connectivity index (χ3n) is 5.53. The number of aryl methyl sites for hydroxylation is 1. The standard InChI is InChI=1S/C25H23N3O4S/c1-16-4-6-18-11-19(24(29)27-21(18)9-16)14-28(25(33)26-12-20-3-2-8-30-20)13-17-5-7-22-23(10-17)32-15-31-22/h2-11H,12-15H2,1H3,(H,26,33)(H,27,29). The zero-order valence-electron chi connectivity index (χ0n) is 18.1. The van der Waals surface area contributed by atoms with Crippen LogP contribution in [0.2, 0.25) is 0 Å². The number of aromatic nitrogens is 1. The fraction of sp³-hybridized carbons (Fsp3) is 0.200. The summed E-state index contributed by atoms with van der Waals surface area (Å²) in [5.41, 5.74) is 3.42. The van der Waals surface area contributed by atoms with Gasteiger partial charge < -0.3 is 29.1 Å². The molecule has 0 saturated carbocycles. The quantitative estimate of drug-likeness (QED) is 0.416. The Bertz CT molecular complexity index is 1360. The molecule has 5 rings (SSSR count). The van der Waals surface area contributed by atoms with Crippen molar-refractivity contribution < 1.29 is 13.9 Å². The van der Waals surface area contributed by atoms with Gasteiger partial charge in [-0.05, 0) is 72.1 Å². The largest absolute Gasteiger partial charge is 0.467 e. The molecule has 4 aromatic rings. The lowest BCUT2D eigenvalue weighted by Gasteiger charge is -2.26. The summed E-state index contributed by atoms with van der Waals surface area (Å²) in [6.45, 7) is 3.51. The molecule has 2 N–H and O–H groups in total. The number of hydrogen-bond acceptors (Lipinski definition) is 5. The van der Waals surface area contributed by atoms with Crippen LogP contribution in [0, 0.1) is 6.92 Å². The lowest BCUT2D eigenvalue weighted by molar-refractivity contribution is 0.174. The predicted octanol–water partition coefficient (Wildman–Crippen LogP) is 4.24. The smallest absolute Gasteiger partial charge is 0.253 e. The summed E-state index contributed by atoms with van der Waals surface area (Å²) in [6.07, 6.45) is 1.63. The molecular weight excluding hydrogens is 438 g/mol. The van der Waals surface area contributed by atoms with Crippen molar-refractivity contribution >= 4 is 28.2 Å². The molecule has 0 bridgehead atoms. The lowest BCUT2D eigenvalue weighted by atomic mass is 10.1. The SMILES string of the molecule is Cc1ccc2cc(CN(Cc3ccc4c(c3)OCO4)C(=S)NCc3ccco3)c(=O)[nH]c2c1. The van der Waals surface area contributed by atoms with Crippen molar-refractivity contribution in [3.63, 3.8) is 0 Å². The van der Waals surface area contributed by atoms with Crippen LogP contribution in [-0.4, -0.2) is 21.8 Å². The van der Waals surface area contributed by atoms with Crippen molar-refractivity contribution in [2.24, 2.45) is 0 Å². The van der Waals surface area contributed by atoms with Crippen LogP contribution in [0.3, 0.4) is 0 Å². The van der Waals surface area contributed by atoms with Gasteiger partial charge in [0.05, 0.1) is 19.4 Å². The number of ether oxygens (including phenoxy) is 2. The minimum absolute atomic E-state index is 0.127. The second kappa shape index (κ2) is 8.99. The average molecular weight is 462 g/mol. The van der Waals surface area contributed by atoms with E-state index >= 15 is 0 Å². The van der Waals surface area contributed by atoms with Gasteiger partial charge in [0, 0.05) is 17.6 Å². The molecule has 0 aliphatic carbocycles. The maximum atomic E-state index is 12.9. The van der Waals surface area contributed by atoms with E-state index in [2.05, 4.69) is 10.3 Å². The van der Waals surface area contributed by atoms with Gasteiger partial charge in [-0.3, -0.25) is 4.79 Å². The lowest BCUT2D eigenvalue weighted by Crippen LogP contribution is -2.39. The highest BCUT2D eigenvalue weighted by Gasteiger charge is 2.18. The van der Waals surface area contributed by atoms with Crippen LogP contribution in [0.25, 0.3) is 10.9 Å². The monoisotopic (exact) mass is 461 g/mol. The van der Waals surface area contributed by atoms with Crippen molar-refractivity contribution in [3.05, 3.63) is 93.7 Å². The first kappa shape index (κ1) is 21.1. The highest BCUT2D eigenvalue weighted by molar-refractivity contribution is 7.80. The predicted molar refractivity (Wildman–Crippen MR) is 129 cm³/mol. The van der Waals surface area contributed by atoms with Crippen molar-refractivity contribution in [3.8, 4) is 11.5 Å². The fourth-order valence-corrected chi connectivity index (χ4v) is 4.03. The number of H-pyrrole nitrogens is 1. The van der Waals surface area contributed by atoms with Crippen LogP contribution >= 0.6 is 12.2 Å². The van der Waals surface area contributed by atoms with Crippen molar-refractivity contribution in [1.29, 1.82) is 0 Å². The van der Waals surface area contributed by atoms with Crippen molar-refractivity contribution in [1.82, 2.24) is 15.2 Å². The molecule has 7 nitrogen and oxygen atoms in total. The maximum Gasteiger partial charge on any atom is 0.253 e. The van der Waals surface area contributed by atoms with Crippen LogP contribution in [0.15, 0.2) is 70.1 Å². The van der Waals surface area contributed by atoms with Crippen molar-refractivity contribution in [2.45, 2.75) is 26.6 Å². The summed E-state index contributed by atoms with van der Waals surface area (Å²) in [6, 6.07) is 17.5. The number of rotatable bonds is 6. The molecule has 33 heavy (non-hydrogen) atoms. The third kappa shape index (κ3) is 4.70.